The molecule has 1 aliphatic rings. The molecule has 0 fully saturated rings. The average Bonchev–Trinajstić information content (AvgIpc) is 3.29. The fourth-order valence-electron chi connectivity index (χ4n) is 3.36. The molecular formula is C20H21N5O2S. The van der Waals surface area contributed by atoms with Crippen LogP contribution in [0.3, 0.4) is 0 Å². The number of hydrogen-bond acceptors (Lipinski definition) is 7. The first-order chi connectivity index (χ1) is 13.5. The summed E-state index contributed by atoms with van der Waals surface area (Å²) in [5.74, 6) is 1.13. The number of rotatable bonds is 5. The number of nitrogens with zero attached hydrogens (tertiary/aromatic N) is 3. The van der Waals surface area contributed by atoms with Crippen LogP contribution in [0, 0.1) is 13.8 Å². The van der Waals surface area contributed by atoms with E-state index in [1.807, 2.05) is 31.4 Å². The van der Waals surface area contributed by atoms with Gasteiger partial charge in [-0.3, -0.25) is 4.79 Å². The number of aryl methyl sites for hydroxylation is 2. The summed E-state index contributed by atoms with van der Waals surface area (Å²) in [6.07, 6.45) is 1.82. The standard InChI is InChI=1S/C20H21N5O2S/c1-11-15(12(2)23-19(21)22-11)4-6-18(26)25-20-24-16(10-28-20)13-3-5-17-14(9-13)7-8-27-17/h3,5,9-10H,4,6-8H2,1-2H3,(H2,21,22,23)(H,24,25,26). The lowest BCUT2D eigenvalue weighted by atomic mass is 10.1. The van der Waals surface area contributed by atoms with Crippen LogP contribution in [-0.2, 0) is 17.6 Å². The maximum absolute atomic E-state index is 12.3. The van der Waals surface area contributed by atoms with Crippen molar-refractivity contribution < 1.29 is 9.53 Å². The highest BCUT2D eigenvalue weighted by molar-refractivity contribution is 7.14. The minimum atomic E-state index is -0.0844. The van der Waals surface area contributed by atoms with Crippen LogP contribution in [-0.4, -0.2) is 27.5 Å². The van der Waals surface area contributed by atoms with Crippen molar-refractivity contribution in [3.05, 3.63) is 46.1 Å². The van der Waals surface area contributed by atoms with Crippen LogP contribution in [0.2, 0.25) is 0 Å². The minimum absolute atomic E-state index is 0.0844. The third-order valence-corrected chi connectivity index (χ3v) is 5.53. The molecule has 144 valence electrons. The molecule has 1 aliphatic heterocycles. The Hall–Kier alpha value is -3.00. The van der Waals surface area contributed by atoms with Gasteiger partial charge < -0.3 is 15.8 Å². The van der Waals surface area contributed by atoms with E-state index in [9.17, 15) is 4.79 Å². The van der Waals surface area contributed by atoms with Crippen LogP contribution in [0.15, 0.2) is 23.6 Å². The Labute approximate surface area is 167 Å². The Balaban J connectivity index is 1.39. The fraction of sp³-hybridized carbons (Fsp3) is 0.300. The van der Waals surface area contributed by atoms with Crippen molar-refractivity contribution >= 4 is 28.3 Å². The molecule has 3 heterocycles. The van der Waals surface area contributed by atoms with Gasteiger partial charge in [0.25, 0.3) is 0 Å². The molecule has 28 heavy (non-hydrogen) atoms. The van der Waals surface area contributed by atoms with Crippen LogP contribution in [0.5, 0.6) is 5.75 Å². The van der Waals surface area contributed by atoms with Crippen molar-refractivity contribution in [2.45, 2.75) is 33.1 Å². The molecule has 3 N–H and O–H groups in total. The van der Waals surface area contributed by atoms with Crippen molar-refractivity contribution in [2.75, 3.05) is 17.7 Å². The Kier molecular flexibility index (Phi) is 4.95. The highest BCUT2D eigenvalue weighted by Crippen LogP contribution is 2.32. The normalized spacial score (nSPS) is 12.5. The lowest BCUT2D eigenvalue weighted by molar-refractivity contribution is -0.116. The summed E-state index contributed by atoms with van der Waals surface area (Å²) < 4.78 is 5.54. The first-order valence-electron chi connectivity index (χ1n) is 9.10. The van der Waals surface area contributed by atoms with Gasteiger partial charge in [0.2, 0.25) is 11.9 Å². The molecule has 1 amide bonds. The molecule has 2 aromatic heterocycles. The first kappa shape index (κ1) is 18.4. The molecule has 0 radical (unpaired) electrons. The predicted octanol–water partition coefficient (Wildman–Crippen LogP) is 3.31. The number of thiazole rings is 1. The van der Waals surface area contributed by atoms with Crippen molar-refractivity contribution in [3.63, 3.8) is 0 Å². The number of ether oxygens (including phenoxy) is 1. The van der Waals surface area contributed by atoms with Gasteiger partial charge in [0.1, 0.15) is 5.75 Å². The maximum atomic E-state index is 12.3. The molecule has 0 saturated carbocycles. The van der Waals surface area contributed by atoms with E-state index in [0.29, 0.717) is 18.0 Å². The zero-order valence-corrected chi connectivity index (χ0v) is 16.6. The molecule has 0 spiro atoms. The summed E-state index contributed by atoms with van der Waals surface area (Å²) in [6.45, 7) is 4.50. The topological polar surface area (TPSA) is 103 Å². The van der Waals surface area contributed by atoms with Gasteiger partial charge in [0, 0.05) is 35.2 Å². The second-order valence-electron chi connectivity index (χ2n) is 6.74. The van der Waals surface area contributed by atoms with Crippen molar-refractivity contribution in [1.29, 1.82) is 0 Å². The van der Waals surface area contributed by atoms with E-state index in [0.717, 1.165) is 47.0 Å². The quantitative estimate of drug-likeness (QED) is 0.687. The maximum Gasteiger partial charge on any atom is 0.226 e. The number of nitrogen functional groups attached to an aromatic ring is 1. The van der Waals surface area contributed by atoms with Crippen LogP contribution in [0.4, 0.5) is 11.1 Å². The second kappa shape index (κ2) is 7.55. The number of fused-ring (bicyclic) bond motifs is 1. The fourth-order valence-corrected chi connectivity index (χ4v) is 4.09. The van der Waals surface area contributed by atoms with E-state index in [2.05, 4.69) is 26.3 Å². The summed E-state index contributed by atoms with van der Waals surface area (Å²) in [7, 11) is 0. The van der Waals surface area contributed by atoms with E-state index in [4.69, 9.17) is 10.5 Å². The van der Waals surface area contributed by atoms with Gasteiger partial charge in [-0.15, -0.1) is 11.3 Å². The van der Waals surface area contributed by atoms with Crippen LogP contribution in [0.25, 0.3) is 11.3 Å². The minimum Gasteiger partial charge on any atom is -0.493 e. The zero-order chi connectivity index (χ0) is 19.7. The molecule has 7 nitrogen and oxygen atoms in total. The molecular weight excluding hydrogens is 374 g/mol. The van der Waals surface area contributed by atoms with Gasteiger partial charge in [-0.05, 0) is 49.6 Å². The predicted molar refractivity (Wildman–Crippen MR) is 110 cm³/mol. The molecule has 0 unspecified atom stereocenters. The Morgan fingerprint density at radius 2 is 2.04 bits per heavy atom. The first-order valence-corrected chi connectivity index (χ1v) is 9.98. The number of amides is 1. The van der Waals surface area contributed by atoms with Crippen molar-refractivity contribution in [2.24, 2.45) is 0 Å². The summed E-state index contributed by atoms with van der Waals surface area (Å²) in [4.78, 5) is 25.2. The molecule has 0 saturated heterocycles. The van der Waals surface area contributed by atoms with Crippen molar-refractivity contribution in [3.8, 4) is 17.0 Å². The zero-order valence-electron chi connectivity index (χ0n) is 15.8. The summed E-state index contributed by atoms with van der Waals surface area (Å²) in [6, 6.07) is 6.09. The number of benzene rings is 1. The monoisotopic (exact) mass is 395 g/mol. The van der Waals surface area contributed by atoms with Gasteiger partial charge in [-0.25, -0.2) is 15.0 Å². The SMILES string of the molecule is Cc1nc(N)nc(C)c1CCC(=O)Nc1nc(-c2ccc3c(c2)CCO3)cs1. The third kappa shape index (κ3) is 3.82. The van der Waals surface area contributed by atoms with E-state index in [1.165, 1.54) is 16.9 Å². The summed E-state index contributed by atoms with van der Waals surface area (Å²) in [5, 5.41) is 5.43. The summed E-state index contributed by atoms with van der Waals surface area (Å²) in [5.41, 5.74) is 11.3. The van der Waals surface area contributed by atoms with E-state index in [-0.39, 0.29) is 11.9 Å². The van der Waals surface area contributed by atoms with Crippen LogP contribution in [0.1, 0.15) is 28.9 Å². The molecule has 3 aromatic rings. The number of nitrogens with one attached hydrogen (secondary N) is 1. The number of anilines is 2. The Morgan fingerprint density at radius 3 is 2.82 bits per heavy atom. The summed E-state index contributed by atoms with van der Waals surface area (Å²) >= 11 is 1.42. The number of carbonyl (C=O) groups is 1. The third-order valence-electron chi connectivity index (χ3n) is 4.78. The molecule has 8 heteroatoms. The highest BCUT2D eigenvalue weighted by atomic mass is 32.1. The molecule has 0 aliphatic carbocycles. The van der Waals surface area contributed by atoms with Gasteiger partial charge in [-0.2, -0.15) is 0 Å². The van der Waals surface area contributed by atoms with E-state index < -0.39 is 0 Å². The molecule has 4 rings (SSSR count). The number of nitrogens with two attached hydrogens (primary N) is 1. The van der Waals surface area contributed by atoms with Crippen LogP contribution >= 0.6 is 11.3 Å². The molecule has 1 aromatic carbocycles. The average molecular weight is 395 g/mol. The van der Waals surface area contributed by atoms with E-state index >= 15 is 0 Å². The lowest BCUT2D eigenvalue weighted by Gasteiger charge is -2.08. The smallest absolute Gasteiger partial charge is 0.226 e. The Morgan fingerprint density at radius 1 is 1.25 bits per heavy atom. The highest BCUT2D eigenvalue weighted by Gasteiger charge is 2.15. The van der Waals surface area contributed by atoms with Crippen molar-refractivity contribution in [1.82, 2.24) is 15.0 Å². The number of aromatic nitrogens is 3. The van der Waals surface area contributed by atoms with Gasteiger partial charge in [0.05, 0.1) is 12.3 Å². The van der Waals surface area contributed by atoms with Crippen LogP contribution < -0.4 is 15.8 Å². The molecule has 0 atom stereocenters. The number of carbonyl (C=O) groups excluding carboxylic acids is 1. The van der Waals surface area contributed by atoms with E-state index in [1.54, 1.807) is 0 Å². The second-order valence-corrected chi connectivity index (χ2v) is 7.60. The Bertz CT molecular complexity index is 1020. The molecule has 0 bridgehead atoms. The van der Waals surface area contributed by atoms with Gasteiger partial charge >= 0.3 is 0 Å². The number of hydrogen-bond donors (Lipinski definition) is 2. The van der Waals surface area contributed by atoms with Gasteiger partial charge in [0.15, 0.2) is 5.13 Å². The largest absolute Gasteiger partial charge is 0.493 e. The van der Waals surface area contributed by atoms with Gasteiger partial charge in [-0.1, -0.05) is 0 Å². The lowest BCUT2D eigenvalue weighted by Crippen LogP contribution is -2.14.